The van der Waals surface area contributed by atoms with E-state index in [4.69, 9.17) is 0 Å². The Morgan fingerprint density at radius 1 is 0.351 bits per heavy atom. The molecule has 272 valence electrons. The van der Waals surface area contributed by atoms with E-state index in [1.54, 1.807) is 5.56 Å². The lowest BCUT2D eigenvalue weighted by molar-refractivity contribution is -0.00185. The quantitative estimate of drug-likeness (QED) is 0.157. The van der Waals surface area contributed by atoms with E-state index < -0.39 is 0 Å². The topological polar surface area (TPSA) is 0 Å². The molecule has 0 saturated heterocycles. The molecule has 4 bridgehead atoms. The van der Waals surface area contributed by atoms with Gasteiger partial charge in [0, 0.05) is 25.7 Å². The Labute approximate surface area is 337 Å². The number of fused-ring (bicyclic) bond motifs is 7. The molecular formula is C56H42S. The number of hydrogen-bond donors (Lipinski definition) is 0. The van der Waals surface area contributed by atoms with Crippen LogP contribution >= 0.6 is 11.3 Å². The van der Waals surface area contributed by atoms with Gasteiger partial charge < -0.3 is 0 Å². The van der Waals surface area contributed by atoms with Crippen LogP contribution in [0.3, 0.4) is 0 Å². The summed E-state index contributed by atoms with van der Waals surface area (Å²) in [4.78, 5) is 0. The zero-order valence-electron chi connectivity index (χ0n) is 31.9. The highest BCUT2D eigenvalue weighted by atomic mass is 32.1. The molecule has 0 amide bonds. The van der Waals surface area contributed by atoms with Crippen LogP contribution in [0, 0.1) is 23.7 Å². The van der Waals surface area contributed by atoms with Crippen LogP contribution in [-0.2, 0) is 0 Å². The van der Waals surface area contributed by atoms with Gasteiger partial charge in [-0.05, 0) is 144 Å². The van der Waals surface area contributed by atoms with Crippen molar-refractivity contribution < 1.29 is 0 Å². The van der Waals surface area contributed by atoms with Gasteiger partial charge in [0.15, 0.2) is 0 Å². The average molecular weight is 747 g/mol. The van der Waals surface area contributed by atoms with E-state index in [0.717, 1.165) is 23.7 Å². The largest absolute Gasteiger partial charge is 0.135 e. The normalized spacial score (nSPS) is 21.5. The van der Waals surface area contributed by atoms with Crippen LogP contribution in [0.15, 0.2) is 164 Å². The molecule has 0 atom stereocenters. The van der Waals surface area contributed by atoms with Gasteiger partial charge in [0.1, 0.15) is 0 Å². The van der Waals surface area contributed by atoms with Crippen molar-refractivity contribution in [2.45, 2.75) is 38.0 Å². The Morgan fingerprint density at radius 3 is 1.40 bits per heavy atom. The summed E-state index contributed by atoms with van der Waals surface area (Å²) in [7, 11) is 0. The second-order valence-corrected chi connectivity index (χ2v) is 18.6. The zero-order chi connectivity index (χ0) is 37.2. The summed E-state index contributed by atoms with van der Waals surface area (Å²) in [6.07, 6.45) is 7.26. The minimum absolute atomic E-state index is 0.680. The van der Waals surface area contributed by atoms with E-state index in [9.17, 15) is 0 Å². The van der Waals surface area contributed by atoms with E-state index in [1.165, 1.54) is 129 Å². The van der Waals surface area contributed by atoms with E-state index in [0.29, 0.717) is 5.92 Å². The molecule has 0 spiro atoms. The van der Waals surface area contributed by atoms with E-state index in [2.05, 4.69) is 164 Å². The van der Waals surface area contributed by atoms with E-state index in [1.807, 2.05) is 11.3 Å². The van der Waals surface area contributed by atoms with Crippen molar-refractivity contribution in [1.82, 2.24) is 0 Å². The highest BCUT2D eigenvalue weighted by Crippen LogP contribution is 2.62. The number of thiophene rings is 1. The molecule has 1 heteroatoms. The van der Waals surface area contributed by atoms with Gasteiger partial charge in [-0.25, -0.2) is 0 Å². The van der Waals surface area contributed by atoms with Crippen LogP contribution in [0.5, 0.6) is 0 Å². The third kappa shape index (κ3) is 4.73. The van der Waals surface area contributed by atoms with Gasteiger partial charge in [-0.1, -0.05) is 158 Å². The fourth-order valence-electron chi connectivity index (χ4n) is 12.7. The third-order valence-corrected chi connectivity index (χ3v) is 15.8. The Kier molecular flexibility index (Phi) is 7.02. The lowest BCUT2D eigenvalue weighted by Gasteiger charge is -2.55. The first-order valence-electron chi connectivity index (χ1n) is 21.1. The van der Waals surface area contributed by atoms with Crippen molar-refractivity contribution in [3.63, 3.8) is 0 Å². The summed E-state index contributed by atoms with van der Waals surface area (Å²) in [5, 5.41) is 13.7. The molecule has 4 fully saturated rings. The van der Waals surface area contributed by atoms with Crippen LogP contribution in [-0.4, -0.2) is 0 Å². The average Bonchev–Trinajstić information content (AvgIpc) is 3.63. The van der Waals surface area contributed by atoms with Crippen molar-refractivity contribution in [2.24, 2.45) is 23.7 Å². The molecule has 4 aliphatic carbocycles. The maximum absolute atomic E-state index is 2.51. The zero-order valence-corrected chi connectivity index (χ0v) is 32.7. The predicted octanol–water partition coefficient (Wildman–Crippen LogP) is 16.2. The summed E-state index contributed by atoms with van der Waals surface area (Å²) in [6.45, 7) is 0. The predicted molar refractivity (Wildman–Crippen MR) is 245 cm³/mol. The van der Waals surface area contributed by atoms with Gasteiger partial charge in [-0.3, -0.25) is 0 Å². The molecule has 0 nitrogen and oxygen atoms in total. The van der Waals surface area contributed by atoms with Crippen LogP contribution in [0.2, 0.25) is 0 Å². The van der Waals surface area contributed by atoms with Crippen LogP contribution < -0.4 is 0 Å². The molecule has 4 aliphatic rings. The molecular weight excluding hydrogens is 705 g/mol. The van der Waals surface area contributed by atoms with Crippen molar-refractivity contribution >= 4 is 74.6 Å². The van der Waals surface area contributed by atoms with Crippen LogP contribution in [0.25, 0.3) is 96.6 Å². The summed E-state index contributed by atoms with van der Waals surface area (Å²) in [5.41, 5.74) is 9.59. The van der Waals surface area contributed by atoms with Crippen molar-refractivity contribution in [2.75, 3.05) is 0 Å². The Morgan fingerprint density at radius 2 is 0.825 bits per heavy atom. The molecule has 4 saturated carbocycles. The molecule has 14 rings (SSSR count). The minimum Gasteiger partial charge on any atom is -0.135 e. The molecule has 0 unspecified atom stereocenters. The SMILES string of the molecule is c1ccc(-c2c3ccccc3c(-c3cccc4c3sc3cc(-c5c6ccccc6c(C6C7CC8CC(C7)CC6C8)c6ccccc56)ccc34)c3ccccc23)cc1. The first kappa shape index (κ1) is 32.3. The monoisotopic (exact) mass is 746 g/mol. The standard InChI is InChI=1S/C56H42S/c1-2-13-35(14-3-1)52-40-15-4-8-19-44(40)54(45-20-9-5-16-41(45)52)49-24-12-23-48-39-26-25-36(32-50(39)57-56(48)49)53-42-17-6-10-21-46(42)55(47-22-11-7-18-43(47)53)51-37-28-33-27-34(30-37)31-38(51)29-33/h1-26,32-34,37-38,51H,27-31H2. The molecule has 10 aromatic rings. The second-order valence-electron chi connectivity index (χ2n) is 17.5. The lowest BCUT2D eigenvalue weighted by Crippen LogP contribution is -2.43. The Hall–Kier alpha value is -5.76. The van der Waals surface area contributed by atoms with Gasteiger partial charge in [0.05, 0.1) is 0 Å². The first-order valence-corrected chi connectivity index (χ1v) is 22.0. The summed E-state index contributed by atoms with van der Waals surface area (Å²) in [6, 6.07) is 62.2. The molecule has 57 heavy (non-hydrogen) atoms. The third-order valence-electron chi connectivity index (χ3n) is 14.6. The van der Waals surface area contributed by atoms with Crippen molar-refractivity contribution in [3.8, 4) is 33.4 Å². The summed E-state index contributed by atoms with van der Waals surface area (Å²) in [5.74, 6) is 4.30. The van der Waals surface area contributed by atoms with Crippen LogP contribution in [0.4, 0.5) is 0 Å². The number of benzene rings is 9. The van der Waals surface area contributed by atoms with Gasteiger partial charge in [0.2, 0.25) is 0 Å². The van der Waals surface area contributed by atoms with Crippen LogP contribution in [0.1, 0.15) is 43.6 Å². The Balaban J connectivity index is 1.03. The smallest absolute Gasteiger partial charge is 0.0434 e. The first-order chi connectivity index (χ1) is 28.3. The van der Waals surface area contributed by atoms with Gasteiger partial charge in [-0.2, -0.15) is 0 Å². The van der Waals surface area contributed by atoms with Gasteiger partial charge >= 0.3 is 0 Å². The summed E-state index contributed by atoms with van der Waals surface area (Å²) >= 11 is 1.96. The van der Waals surface area contributed by atoms with E-state index in [-0.39, 0.29) is 0 Å². The maximum Gasteiger partial charge on any atom is 0.0434 e. The molecule has 0 aliphatic heterocycles. The fourth-order valence-corrected chi connectivity index (χ4v) is 14.0. The highest BCUT2D eigenvalue weighted by molar-refractivity contribution is 7.26. The molecule has 1 aromatic heterocycles. The Bertz CT molecular complexity index is 3110. The van der Waals surface area contributed by atoms with Crippen molar-refractivity contribution in [3.05, 3.63) is 169 Å². The molecule has 0 N–H and O–H groups in total. The number of hydrogen-bond acceptors (Lipinski definition) is 1. The highest BCUT2D eigenvalue weighted by Gasteiger charge is 2.49. The number of rotatable bonds is 4. The maximum atomic E-state index is 2.51. The minimum atomic E-state index is 0.680. The van der Waals surface area contributed by atoms with Crippen molar-refractivity contribution in [1.29, 1.82) is 0 Å². The molecule has 1 heterocycles. The summed E-state index contributed by atoms with van der Waals surface area (Å²) < 4.78 is 2.71. The van der Waals surface area contributed by atoms with E-state index >= 15 is 0 Å². The fraction of sp³-hybridized carbons (Fsp3) is 0.179. The second kappa shape index (κ2) is 12.4. The lowest BCUT2D eigenvalue weighted by atomic mass is 9.50. The van der Waals surface area contributed by atoms with Gasteiger partial charge in [-0.15, -0.1) is 11.3 Å². The molecule has 0 radical (unpaired) electrons. The molecule has 9 aromatic carbocycles. The van der Waals surface area contributed by atoms with Gasteiger partial charge in [0.25, 0.3) is 0 Å².